The second-order valence-electron chi connectivity index (χ2n) is 5.57. The summed E-state index contributed by atoms with van der Waals surface area (Å²) in [6.07, 6.45) is 3.87. The van der Waals surface area contributed by atoms with Gasteiger partial charge in [-0.1, -0.05) is 6.07 Å². The number of benzene rings is 2. The van der Waals surface area contributed by atoms with E-state index in [1.54, 1.807) is 26.0 Å². The van der Waals surface area contributed by atoms with Crippen LogP contribution in [0.3, 0.4) is 0 Å². The van der Waals surface area contributed by atoms with Crippen LogP contribution in [-0.2, 0) is 7.05 Å². The lowest BCUT2D eigenvalue weighted by molar-refractivity contribution is 0.356. The number of hydrogen-bond acceptors (Lipinski definition) is 4. The summed E-state index contributed by atoms with van der Waals surface area (Å²) in [5, 5.41) is 0. The van der Waals surface area contributed by atoms with Crippen molar-refractivity contribution in [2.24, 2.45) is 7.05 Å². The van der Waals surface area contributed by atoms with E-state index < -0.39 is 0 Å². The molecule has 0 atom stereocenters. The number of aryl methyl sites for hydroxylation is 1. The molecule has 2 aromatic carbocycles. The van der Waals surface area contributed by atoms with Crippen molar-refractivity contribution >= 4 is 43.6 Å². The van der Waals surface area contributed by atoms with Crippen molar-refractivity contribution in [2.45, 2.75) is 4.90 Å². The van der Waals surface area contributed by atoms with Crippen LogP contribution in [-0.4, -0.2) is 30.0 Å². The van der Waals surface area contributed by atoms with Gasteiger partial charge in [0.25, 0.3) is 0 Å². The van der Waals surface area contributed by atoms with Crippen LogP contribution in [0, 0.1) is 0 Å². The summed E-state index contributed by atoms with van der Waals surface area (Å²) in [6, 6.07) is 10.0. The first-order valence-corrected chi connectivity index (χ1v) is 10.6. The van der Waals surface area contributed by atoms with Crippen molar-refractivity contribution in [2.75, 3.05) is 20.5 Å². The van der Waals surface area contributed by atoms with Crippen molar-refractivity contribution in [1.82, 2.24) is 9.55 Å². The second kappa shape index (κ2) is 8.06. The highest BCUT2D eigenvalue weighted by atomic mass is 79.9. The summed E-state index contributed by atoms with van der Waals surface area (Å²) in [5.41, 5.74) is 3.80. The zero-order chi connectivity index (χ0) is 18.8. The Morgan fingerprint density at radius 2 is 1.77 bits per heavy atom. The first-order chi connectivity index (χ1) is 12.5. The van der Waals surface area contributed by atoms with Crippen LogP contribution >= 0.6 is 43.6 Å². The van der Waals surface area contributed by atoms with E-state index in [1.165, 1.54) is 0 Å². The third-order valence-electron chi connectivity index (χ3n) is 4.07. The molecular formula is C19H18Br2N2O2S. The van der Waals surface area contributed by atoms with Gasteiger partial charge in [0.05, 0.1) is 31.9 Å². The molecule has 0 fully saturated rings. The van der Waals surface area contributed by atoms with Gasteiger partial charge in [-0.15, -0.1) is 11.8 Å². The molecule has 0 amide bonds. The van der Waals surface area contributed by atoms with Crippen molar-refractivity contribution in [3.05, 3.63) is 45.6 Å². The minimum absolute atomic E-state index is 0.692. The maximum Gasteiger partial charge on any atom is 0.170 e. The number of rotatable bonds is 5. The molecule has 0 aliphatic rings. The molecule has 3 rings (SSSR count). The number of nitrogens with zero attached hydrogens (tertiary/aromatic N) is 2. The average Bonchev–Trinajstić information content (AvgIpc) is 3.02. The number of ether oxygens (including phenoxy) is 2. The van der Waals surface area contributed by atoms with E-state index in [9.17, 15) is 0 Å². The van der Waals surface area contributed by atoms with Gasteiger partial charge in [0, 0.05) is 32.0 Å². The molecule has 26 heavy (non-hydrogen) atoms. The van der Waals surface area contributed by atoms with Gasteiger partial charge in [-0.3, -0.25) is 0 Å². The monoisotopic (exact) mass is 496 g/mol. The van der Waals surface area contributed by atoms with Gasteiger partial charge in [-0.05, 0) is 62.4 Å². The van der Waals surface area contributed by atoms with Crippen LogP contribution < -0.4 is 9.47 Å². The van der Waals surface area contributed by atoms with Crippen LogP contribution in [0.4, 0.5) is 0 Å². The van der Waals surface area contributed by atoms with Gasteiger partial charge in [0.15, 0.2) is 11.5 Å². The topological polar surface area (TPSA) is 36.3 Å². The van der Waals surface area contributed by atoms with E-state index in [-0.39, 0.29) is 0 Å². The van der Waals surface area contributed by atoms with Crippen molar-refractivity contribution in [3.8, 4) is 34.0 Å². The molecule has 136 valence electrons. The van der Waals surface area contributed by atoms with E-state index in [1.807, 2.05) is 36.1 Å². The van der Waals surface area contributed by atoms with Crippen LogP contribution in [0.1, 0.15) is 0 Å². The standard InChI is InChI=1S/C19H18Br2N2O2S/c1-23-10-22-16(11-8-13(20)19(26-4)14(21)9-11)17(23)12-6-5-7-15(24-2)18(12)25-3/h5-10H,1-4H3. The molecule has 0 bridgehead atoms. The third kappa shape index (κ3) is 3.40. The van der Waals surface area contributed by atoms with Gasteiger partial charge in [0.2, 0.25) is 0 Å². The van der Waals surface area contributed by atoms with Crippen molar-refractivity contribution in [3.63, 3.8) is 0 Å². The Morgan fingerprint density at radius 1 is 1.08 bits per heavy atom. The molecule has 1 aromatic heterocycles. The average molecular weight is 498 g/mol. The number of halogens is 2. The SMILES string of the molecule is COc1cccc(-c2c(-c3cc(Br)c(SC)c(Br)c3)ncn2C)c1OC. The molecular weight excluding hydrogens is 480 g/mol. The summed E-state index contributed by atoms with van der Waals surface area (Å²) < 4.78 is 15.1. The lowest BCUT2D eigenvalue weighted by Crippen LogP contribution is -1.97. The smallest absolute Gasteiger partial charge is 0.170 e. The van der Waals surface area contributed by atoms with E-state index in [0.29, 0.717) is 11.5 Å². The molecule has 0 aliphatic carbocycles. The Hall–Kier alpha value is -1.44. The van der Waals surface area contributed by atoms with Crippen LogP contribution in [0.15, 0.2) is 50.5 Å². The summed E-state index contributed by atoms with van der Waals surface area (Å²) >= 11 is 9.01. The minimum atomic E-state index is 0.692. The lowest BCUT2D eigenvalue weighted by Gasteiger charge is -2.15. The van der Waals surface area contributed by atoms with E-state index in [2.05, 4.69) is 55.2 Å². The summed E-state index contributed by atoms with van der Waals surface area (Å²) in [7, 11) is 5.27. The maximum atomic E-state index is 5.63. The van der Waals surface area contributed by atoms with E-state index in [4.69, 9.17) is 9.47 Å². The Balaban J connectivity index is 2.24. The van der Waals surface area contributed by atoms with Crippen molar-refractivity contribution < 1.29 is 9.47 Å². The predicted molar refractivity (Wildman–Crippen MR) is 114 cm³/mol. The zero-order valence-electron chi connectivity index (χ0n) is 14.8. The van der Waals surface area contributed by atoms with Crippen LogP contribution in [0.5, 0.6) is 11.5 Å². The second-order valence-corrected chi connectivity index (χ2v) is 8.09. The molecule has 0 saturated heterocycles. The first kappa shape index (κ1) is 19.3. The Labute approximate surface area is 174 Å². The molecule has 3 aromatic rings. The number of para-hydroxylation sites is 1. The number of imidazole rings is 1. The quantitative estimate of drug-likeness (QED) is 0.404. The molecule has 4 nitrogen and oxygen atoms in total. The van der Waals surface area contributed by atoms with Crippen LogP contribution in [0.25, 0.3) is 22.5 Å². The Kier molecular flexibility index (Phi) is 5.99. The van der Waals surface area contributed by atoms with E-state index >= 15 is 0 Å². The normalized spacial score (nSPS) is 10.8. The lowest BCUT2D eigenvalue weighted by atomic mass is 10.0. The zero-order valence-corrected chi connectivity index (χ0v) is 18.8. The molecule has 1 heterocycles. The minimum Gasteiger partial charge on any atom is -0.493 e. The molecule has 0 saturated carbocycles. The highest BCUT2D eigenvalue weighted by Gasteiger charge is 2.20. The Morgan fingerprint density at radius 3 is 2.35 bits per heavy atom. The maximum absolute atomic E-state index is 5.63. The molecule has 0 spiro atoms. The highest BCUT2D eigenvalue weighted by molar-refractivity contribution is 9.11. The molecule has 7 heteroatoms. The number of hydrogen-bond donors (Lipinski definition) is 0. The summed E-state index contributed by atoms with van der Waals surface area (Å²) in [5.74, 6) is 1.39. The molecule has 0 unspecified atom stereocenters. The van der Waals surface area contributed by atoms with Gasteiger partial charge in [-0.25, -0.2) is 4.98 Å². The van der Waals surface area contributed by atoms with Gasteiger partial charge in [0.1, 0.15) is 0 Å². The van der Waals surface area contributed by atoms with Gasteiger partial charge in [-0.2, -0.15) is 0 Å². The molecule has 0 N–H and O–H groups in total. The number of aromatic nitrogens is 2. The summed E-state index contributed by atoms with van der Waals surface area (Å²) in [6.45, 7) is 0. The number of methoxy groups -OCH3 is 2. The fourth-order valence-electron chi connectivity index (χ4n) is 2.92. The third-order valence-corrected chi connectivity index (χ3v) is 6.69. The fraction of sp³-hybridized carbons (Fsp3) is 0.211. The van der Waals surface area contributed by atoms with E-state index in [0.717, 1.165) is 36.4 Å². The largest absolute Gasteiger partial charge is 0.493 e. The molecule has 0 aliphatic heterocycles. The predicted octanol–water partition coefficient (Wildman–Crippen LogP) is 6.02. The number of thioether (sulfide) groups is 1. The highest BCUT2D eigenvalue weighted by Crippen LogP contribution is 2.43. The Bertz CT molecular complexity index is 934. The fourth-order valence-corrected chi connectivity index (χ4v) is 5.59. The van der Waals surface area contributed by atoms with Gasteiger partial charge >= 0.3 is 0 Å². The van der Waals surface area contributed by atoms with Crippen LogP contribution in [0.2, 0.25) is 0 Å². The first-order valence-electron chi connectivity index (χ1n) is 7.77. The van der Waals surface area contributed by atoms with Gasteiger partial charge < -0.3 is 14.0 Å². The summed E-state index contributed by atoms with van der Waals surface area (Å²) in [4.78, 5) is 5.81. The molecule has 0 radical (unpaired) electrons. The van der Waals surface area contributed by atoms with Crippen molar-refractivity contribution in [1.29, 1.82) is 0 Å².